The standard InChI is InChI=1S/C75H48N2P2Se2/c80-78(61-35-29-49-15-7-9-18-52(49)44-61,62-36-30-50-16-8-10-19-53(50)45-62)63-37-31-55-43-54(27-28-56(55)46-63)57-34-41-70-72(47-57)77-71-48-58(33-38-67(71)69-39-32-51-17-11-12-24-65(51)74(69)75(77)76-70)64-40-42-73(68-26-14-13-25-66(64)68)79(81,59-20-3-1-4-21-59)60-22-5-2-6-23-60/h1-48H. The number of pyridine rings is 1. The van der Waals surface area contributed by atoms with Crippen LogP contribution >= 0.6 is 11.0 Å². The third kappa shape index (κ3) is 7.78. The number of aromatic nitrogens is 2. The molecule has 0 bridgehead atoms. The van der Waals surface area contributed by atoms with Crippen LogP contribution in [0, 0.1) is 0 Å². The van der Waals surface area contributed by atoms with E-state index < -0.39 is 11.0 Å². The molecule has 0 amide bonds. The number of hydrogen-bond acceptors (Lipinski definition) is 1. The molecule has 16 rings (SSSR count). The monoisotopic (exact) mass is 1200 g/mol. The molecule has 0 atom stereocenters. The van der Waals surface area contributed by atoms with Gasteiger partial charge in [-0.1, -0.05) is 24.3 Å². The molecule has 6 heteroatoms. The van der Waals surface area contributed by atoms with E-state index in [4.69, 9.17) is 4.98 Å². The maximum atomic E-state index is 5.56. The van der Waals surface area contributed by atoms with Crippen LogP contribution in [-0.2, 0) is 0 Å². The summed E-state index contributed by atoms with van der Waals surface area (Å²) in [6.45, 7) is 0. The molecule has 380 valence electrons. The molecule has 0 radical (unpaired) electrons. The third-order valence-electron chi connectivity index (χ3n) is 16.8. The minimum atomic E-state index is -2.21. The summed E-state index contributed by atoms with van der Waals surface area (Å²) >= 11 is 7.71. The van der Waals surface area contributed by atoms with E-state index in [1.54, 1.807) is 0 Å². The Labute approximate surface area is 484 Å². The number of fused-ring (bicyclic) bond motifs is 14. The molecular weight excluding hydrogens is 1150 g/mol. The van der Waals surface area contributed by atoms with Crippen molar-refractivity contribution >= 4 is 165 Å². The summed E-state index contributed by atoms with van der Waals surface area (Å²) in [5.41, 5.74) is 4.47. The fraction of sp³-hybridized carbons (Fsp3) is 0. The molecule has 0 aliphatic heterocycles. The number of rotatable bonds is 8. The zero-order valence-corrected chi connectivity index (χ0v) is 49.0. The van der Waals surface area contributed by atoms with Gasteiger partial charge in [0.05, 0.1) is 0 Å². The normalized spacial score (nSPS) is 12.3. The first-order chi connectivity index (χ1) is 39.9. The van der Waals surface area contributed by atoms with Gasteiger partial charge in [-0.25, -0.2) is 0 Å². The number of benzene rings is 14. The van der Waals surface area contributed by atoms with Crippen LogP contribution in [0.1, 0.15) is 0 Å². The van der Waals surface area contributed by atoms with Gasteiger partial charge in [-0.05, 0) is 5.39 Å². The molecule has 0 spiro atoms. The van der Waals surface area contributed by atoms with Crippen molar-refractivity contribution in [1.29, 1.82) is 0 Å². The topological polar surface area (TPSA) is 17.3 Å². The minimum absolute atomic E-state index is 0.965. The van der Waals surface area contributed by atoms with E-state index in [0.717, 1.165) is 27.8 Å². The van der Waals surface area contributed by atoms with Crippen molar-refractivity contribution in [1.82, 2.24) is 9.38 Å². The first kappa shape index (κ1) is 48.6. The second kappa shape index (κ2) is 19.2. The van der Waals surface area contributed by atoms with Crippen molar-refractivity contribution < 1.29 is 0 Å². The van der Waals surface area contributed by atoms with E-state index in [0.29, 0.717) is 0 Å². The molecule has 81 heavy (non-hydrogen) atoms. The van der Waals surface area contributed by atoms with Gasteiger partial charge in [0.1, 0.15) is 0 Å². The van der Waals surface area contributed by atoms with E-state index in [1.165, 1.54) is 119 Å². The summed E-state index contributed by atoms with van der Waals surface area (Å²) < 4.78 is 2.44. The van der Waals surface area contributed by atoms with E-state index >= 15 is 0 Å². The number of imidazole rings is 1. The quantitative estimate of drug-likeness (QED) is 0.0842. The van der Waals surface area contributed by atoms with Crippen molar-refractivity contribution in [3.05, 3.63) is 291 Å². The summed E-state index contributed by atoms with van der Waals surface area (Å²) in [7, 11) is 0. The van der Waals surface area contributed by atoms with E-state index in [9.17, 15) is 0 Å². The zero-order chi connectivity index (χ0) is 53.8. The van der Waals surface area contributed by atoms with Crippen LogP contribution in [0.4, 0.5) is 0 Å². The van der Waals surface area contributed by atoms with Gasteiger partial charge < -0.3 is 0 Å². The molecule has 0 unspecified atom stereocenters. The summed E-state index contributed by atoms with van der Waals surface area (Å²) in [6, 6.07) is 109. The van der Waals surface area contributed by atoms with Gasteiger partial charge in [0.15, 0.2) is 0 Å². The molecule has 0 aliphatic carbocycles. The van der Waals surface area contributed by atoms with Gasteiger partial charge in [0, 0.05) is 0 Å². The molecule has 0 fully saturated rings. The number of nitrogens with zero attached hydrogens (tertiary/aromatic N) is 2. The molecule has 0 aliphatic rings. The Hall–Kier alpha value is -8.25. The second-order valence-electron chi connectivity index (χ2n) is 21.3. The van der Waals surface area contributed by atoms with Crippen molar-refractivity contribution in [3.63, 3.8) is 0 Å². The van der Waals surface area contributed by atoms with Crippen molar-refractivity contribution in [2.45, 2.75) is 0 Å². The van der Waals surface area contributed by atoms with Crippen molar-refractivity contribution in [3.8, 4) is 22.3 Å². The molecule has 0 N–H and O–H groups in total. The fourth-order valence-corrected chi connectivity index (χ4v) is 23.1. The third-order valence-corrected chi connectivity index (χ3v) is 30.8. The van der Waals surface area contributed by atoms with Gasteiger partial charge in [-0.2, -0.15) is 0 Å². The Morgan fingerprint density at radius 3 is 1.42 bits per heavy atom. The average molecular weight is 1200 g/mol. The van der Waals surface area contributed by atoms with Crippen LogP contribution < -0.4 is 31.8 Å². The summed E-state index contributed by atoms with van der Waals surface area (Å²) in [4.78, 5) is 5.56. The van der Waals surface area contributed by atoms with Crippen LogP contribution in [0.5, 0.6) is 0 Å². The predicted molar refractivity (Wildman–Crippen MR) is 355 cm³/mol. The summed E-state index contributed by atoms with van der Waals surface area (Å²) in [6.07, 6.45) is 0. The van der Waals surface area contributed by atoms with Gasteiger partial charge >= 0.3 is 458 Å². The van der Waals surface area contributed by atoms with Crippen LogP contribution in [0.15, 0.2) is 291 Å². The van der Waals surface area contributed by atoms with Crippen molar-refractivity contribution in [2.24, 2.45) is 0 Å². The van der Waals surface area contributed by atoms with Gasteiger partial charge in [0.25, 0.3) is 0 Å². The number of hydrogen-bond donors (Lipinski definition) is 0. The molecule has 2 nitrogen and oxygen atoms in total. The summed E-state index contributed by atoms with van der Waals surface area (Å²) in [5.74, 6) is 0. The Bertz CT molecular complexity index is 5250. The molecule has 2 heterocycles. The van der Waals surface area contributed by atoms with Gasteiger partial charge in [-0.3, -0.25) is 0 Å². The SMILES string of the molecule is [Se]=P(c1ccc2ccccc2c1)(c1ccc2ccccc2c1)c1ccc2cc(-c3ccc4nc5c6c7ccccc7ccc6c6ccc(-c7ccc(P(=[Se])(c8ccccc8)c8ccccc8)c8ccccc78)cc6n5c4c3)ccc2c1. The molecule has 14 aromatic carbocycles. The van der Waals surface area contributed by atoms with E-state index in [-0.39, 0.29) is 0 Å². The Morgan fingerprint density at radius 1 is 0.284 bits per heavy atom. The fourth-order valence-electron chi connectivity index (χ4n) is 12.8. The molecular formula is C75H48N2P2Se2. The first-order valence-corrected chi connectivity index (χ1v) is 35.5. The van der Waals surface area contributed by atoms with E-state index in [1.807, 2.05) is 0 Å². The Balaban J connectivity index is 0.861. The average Bonchev–Trinajstić information content (AvgIpc) is 4.06. The molecule has 16 aromatic rings. The maximum absolute atomic E-state index is 5.56. The first-order valence-electron chi connectivity index (χ1n) is 27.5. The molecule has 2 aromatic heterocycles. The van der Waals surface area contributed by atoms with E-state index in [2.05, 4.69) is 326 Å². The summed E-state index contributed by atoms with van der Waals surface area (Å²) in [5, 5.41) is 23.8. The molecule has 0 saturated heterocycles. The van der Waals surface area contributed by atoms with Crippen LogP contribution in [0.2, 0.25) is 0 Å². The van der Waals surface area contributed by atoms with Crippen molar-refractivity contribution in [2.75, 3.05) is 0 Å². The Kier molecular flexibility index (Phi) is 11.5. The second-order valence-corrected chi connectivity index (χ2v) is 33.7. The van der Waals surface area contributed by atoms with Gasteiger partial charge in [-0.15, -0.1) is 0 Å². The van der Waals surface area contributed by atoms with Crippen LogP contribution in [-0.4, -0.2) is 39.6 Å². The Morgan fingerprint density at radius 2 is 0.753 bits per heavy atom. The zero-order valence-electron chi connectivity index (χ0n) is 43.8. The predicted octanol–water partition coefficient (Wildman–Crippen LogP) is 16.6. The molecule has 0 saturated carbocycles. The van der Waals surface area contributed by atoms with Crippen LogP contribution in [0.3, 0.4) is 0 Å². The van der Waals surface area contributed by atoms with Crippen LogP contribution in [0.25, 0.3) is 114 Å². The van der Waals surface area contributed by atoms with Gasteiger partial charge in [0.2, 0.25) is 0 Å².